The van der Waals surface area contributed by atoms with Gasteiger partial charge in [-0.25, -0.2) is 4.98 Å². The van der Waals surface area contributed by atoms with Crippen LogP contribution in [0.2, 0.25) is 0 Å². The molecular formula is C111H127Cl2N5O31. The molecule has 4 heterocycles. The quantitative estimate of drug-likeness (QED) is 0.0155. The molecule has 19 atom stereocenters. The van der Waals surface area contributed by atoms with Crippen LogP contribution in [-0.2, 0) is 66.8 Å². The Bertz CT molecular complexity index is 6820. The van der Waals surface area contributed by atoms with Gasteiger partial charge in [0.15, 0.2) is 42.0 Å². The molecule has 796 valence electrons. The number of benzene rings is 9. The highest BCUT2D eigenvalue weighted by Gasteiger charge is 2.56. The van der Waals surface area contributed by atoms with Crippen molar-refractivity contribution < 1.29 is 152 Å². The lowest BCUT2D eigenvalue weighted by atomic mass is 9.67. The van der Waals surface area contributed by atoms with Gasteiger partial charge in [-0.15, -0.1) is 24.8 Å². The van der Waals surface area contributed by atoms with E-state index in [4.69, 9.17) is 64.9 Å². The Morgan fingerprint density at radius 3 is 1.42 bits per heavy atom. The molecule has 0 bridgehead atoms. The topological polar surface area (TPSA) is 594 Å². The molecule has 149 heavy (non-hydrogen) atoms. The molecule has 6 aliphatic carbocycles. The number of nitrogen functional groups attached to an aromatic ring is 1. The smallest absolute Gasteiger partial charge is 0.316 e. The first-order valence-electron chi connectivity index (χ1n) is 49.1. The summed E-state index contributed by atoms with van der Waals surface area (Å²) in [4.78, 5) is 127. The largest absolute Gasteiger partial charge is 0.508 e. The van der Waals surface area contributed by atoms with E-state index < -0.39 is 207 Å². The third-order valence-corrected chi connectivity index (χ3v) is 30.0. The lowest BCUT2D eigenvalue weighted by Crippen LogP contribution is -2.54. The maximum Gasteiger partial charge on any atom is 0.316 e. The standard InChI is InChI=1S/C30H35NO10.C28H31NO10.C28H31NO9.C13H10N2.C12H18O2.2ClH/c1-6-30(38)12-19(41-20-11-17(31(3)4)25(33)13(2)40-20)22-15(24(30)29(37)39-5)10-16-23(28(22)36)27(35)21-14(26(16)34)8-7-9-18(21)32;1-4-17(30)28(36)9-13-20(16(10-28)39-18-8-14(29)23(31)11(2)38-18)27(35)22-21(25(13)33)24(32)12-6-5-7-15(37-3)19(12)26(22)34;1-11-23(31)15(29)8-18(37-11)38-17-10-28(3,12(2)30)9-14-20(17)27(35)22-21(25(14)33)24(32)13-6-5-7-16(36-4)19(13)26(22)34;14-13-9-5-1-3-7-11(9)15-12-8-4-2-6-10(12)13;1-2-3-4-5-6-10-7-8-11(13)9-12(10)14;;/h7-10,13,17,19-20,24-25,32-33,36,38H,6,11-12H2,1-5H3;5-7,11,14,16,18,23,31,33,35-36H,4,8-10,29H2,1-3H3;5-7,11,15,17-18,23,31,33,35H,8-10,29H2,1-4H3;1-8H,(H2,14,15);7-9,13-14H,2-6H2,1H3;2*1H/t13-,17-,19-,20?,24-,25-,30+;11-,14+,16-,18-,23-,28-;11?,15?,17-,18?,23?,28+;;;;/m000..../s1. The van der Waals surface area contributed by atoms with Gasteiger partial charge < -0.3 is 131 Å². The molecule has 0 amide bonds. The lowest BCUT2D eigenvalue weighted by molar-refractivity contribution is -0.258. The van der Waals surface area contributed by atoms with Crippen LogP contribution in [0.5, 0.6) is 57.5 Å². The number of likely N-dealkylation sites (N-methyl/N-ethyl adjacent to an activating group) is 1. The Labute approximate surface area is 871 Å². The van der Waals surface area contributed by atoms with Crippen LogP contribution in [0.15, 0.2) is 127 Å². The second kappa shape index (κ2) is 45.6. The highest BCUT2D eigenvalue weighted by molar-refractivity contribution is 6.33. The second-order valence-corrected chi connectivity index (χ2v) is 39.5. The number of phenols is 8. The number of nitrogens with zero attached hydrogens (tertiary/aromatic N) is 2. The van der Waals surface area contributed by atoms with Crippen LogP contribution >= 0.6 is 24.8 Å². The Morgan fingerprint density at radius 2 is 0.946 bits per heavy atom. The van der Waals surface area contributed by atoms with Crippen molar-refractivity contribution >= 4 is 105 Å². The normalized spacial score (nSPS) is 26.1. The highest BCUT2D eigenvalue weighted by atomic mass is 35.5. The molecule has 3 saturated heterocycles. The van der Waals surface area contributed by atoms with Crippen LogP contribution < -0.4 is 26.7 Å². The van der Waals surface area contributed by atoms with Gasteiger partial charge in [-0.3, -0.25) is 43.2 Å². The van der Waals surface area contributed by atoms with E-state index in [0.717, 1.165) is 45.9 Å². The summed E-state index contributed by atoms with van der Waals surface area (Å²) in [7, 11) is 7.53. The zero-order valence-electron chi connectivity index (χ0n) is 84.6. The predicted octanol–water partition coefficient (Wildman–Crippen LogP) is 12.9. The number of hydrogen-bond donors (Lipinski definition) is 16. The predicted molar refractivity (Wildman–Crippen MR) is 548 cm³/mol. The van der Waals surface area contributed by atoms with E-state index in [1.165, 1.54) is 108 Å². The fourth-order valence-corrected chi connectivity index (χ4v) is 21.7. The van der Waals surface area contributed by atoms with Crippen molar-refractivity contribution in [3.63, 3.8) is 0 Å². The number of halogens is 2. The van der Waals surface area contributed by atoms with Crippen molar-refractivity contribution in [1.29, 1.82) is 0 Å². The molecule has 38 heteroatoms. The van der Waals surface area contributed by atoms with Gasteiger partial charge >= 0.3 is 5.97 Å². The molecule has 3 aliphatic heterocycles. The van der Waals surface area contributed by atoms with Crippen LogP contribution in [0.4, 0.5) is 5.69 Å². The second-order valence-electron chi connectivity index (χ2n) is 39.5. The number of para-hydroxylation sites is 2. The summed E-state index contributed by atoms with van der Waals surface area (Å²) in [5.41, 5.74) is 15.3. The summed E-state index contributed by atoms with van der Waals surface area (Å²) >= 11 is 0. The van der Waals surface area contributed by atoms with Crippen molar-refractivity contribution in [3.05, 3.63) is 233 Å². The van der Waals surface area contributed by atoms with Crippen molar-refractivity contribution in [1.82, 2.24) is 9.88 Å². The number of aryl methyl sites for hydroxylation is 1. The number of fused-ring (bicyclic) bond motifs is 11. The molecule has 19 N–H and O–H groups in total. The minimum absolute atomic E-state index is 0. The minimum atomic E-state index is -1.99. The number of ketones is 8. The van der Waals surface area contributed by atoms with Crippen molar-refractivity contribution in [2.75, 3.05) is 41.2 Å². The molecule has 5 unspecified atom stereocenters. The molecular weight excluding hydrogens is 1970 g/mol. The fraction of sp³-hybridized carbons (Fsp3) is 0.423. The fourth-order valence-electron chi connectivity index (χ4n) is 21.7. The van der Waals surface area contributed by atoms with E-state index in [9.17, 15) is 104 Å². The highest BCUT2D eigenvalue weighted by Crippen LogP contribution is 2.59. The summed E-state index contributed by atoms with van der Waals surface area (Å²) in [6, 6.07) is 33.5. The van der Waals surface area contributed by atoms with Crippen LogP contribution in [-0.4, -0.2) is 249 Å². The van der Waals surface area contributed by atoms with Crippen LogP contribution in [0.1, 0.15) is 291 Å². The van der Waals surface area contributed by atoms with Crippen molar-refractivity contribution in [2.45, 2.75) is 261 Å². The maximum atomic E-state index is 13.7. The Kier molecular flexibility index (Phi) is 34.7. The van der Waals surface area contributed by atoms with E-state index >= 15 is 0 Å². The molecule has 0 radical (unpaired) electrons. The number of rotatable bonds is 19. The van der Waals surface area contributed by atoms with Gasteiger partial charge in [-0.2, -0.15) is 0 Å². The van der Waals surface area contributed by atoms with E-state index in [1.807, 2.05) is 67.5 Å². The van der Waals surface area contributed by atoms with Gasteiger partial charge in [0.25, 0.3) is 0 Å². The zero-order valence-corrected chi connectivity index (χ0v) is 86.2. The molecule has 9 aliphatic rings. The van der Waals surface area contributed by atoms with Gasteiger partial charge in [0.2, 0.25) is 17.3 Å². The summed E-state index contributed by atoms with van der Waals surface area (Å²) in [5, 5.41) is 143. The molecule has 0 saturated carbocycles. The molecule has 1 aromatic heterocycles. The number of hydrogen-bond acceptors (Lipinski definition) is 36. The van der Waals surface area contributed by atoms with Gasteiger partial charge in [0.1, 0.15) is 74.8 Å². The SMILES string of the molecule is CCC(=O)[C@]1(O)Cc2c(O)c3c(c(O)c2[C@@H](O[C@H]2C[C@@H](N)[C@@H](O)[C@H](C)O2)C1)C(=O)c1c(OC)cccc1C3=O.CCCCCCc1ccc(O)cc1O.CC[C@@]1(O)C[C@H](OC2C[C@H](N(C)C)[C@@H](O)[C@H](C)O2)c2c(cc3c(c2O)C(=O)c2c(O)cccc2C3=O)[C@H]1C(=O)OC.COc1cccc2c1C(=O)c1c(O)c3c(c(O)c1C2=O)C[C@@](C)(C(C)=O)C[C@@H]3OC1CC(N)C(O)C(C)O1.Cl.Cl.Nc1c2ccccc2nc2ccccc12. The van der Waals surface area contributed by atoms with E-state index in [0.29, 0.717) is 0 Å². The maximum absolute atomic E-state index is 13.7. The van der Waals surface area contributed by atoms with E-state index in [-0.39, 0.29) is 206 Å². The van der Waals surface area contributed by atoms with Gasteiger partial charge in [-0.1, -0.05) is 126 Å². The number of aliphatic hydroxyl groups is 5. The van der Waals surface area contributed by atoms with E-state index in [1.54, 1.807) is 59.7 Å². The minimum Gasteiger partial charge on any atom is -0.508 e. The third kappa shape index (κ3) is 21.3. The number of esters is 1. The third-order valence-electron chi connectivity index (χ3n) is 30.0. The lowest BCUT2D eigenvalue weighted by Gasteiger charge is -2.46. The Hall–Kier alpha value is -12.7. The number of aliphatic hydroxyl groups excluding tert-OH is 3. The number of aromatic nitrogens is 1. The van der Waals surface area contributed by atoms with E-state index in [2.05, 4.69) is 11.9 Å². The first-order valence-corrected chi connectivity index (χ1v) is 49.1. The molecule has 9 aromatic carbocycles. The van der Waals surface area contributed by atoms with Crippen LogP contribution in [0, 0.1) is 5.41 Å². The van der Waals surface area contributed by atoms with Gasteiger partial charge in [0, 0.05) is 135 Å². The number of methoxy groups -OCH3 is 3. The average molecular weight is 2100 g/mol. The number of unbranched alkanes of at least 4 members (excludes halogenated alkanes) is 3. The summed E-state index contributed by atoms with van der Waals surface area (Å²) in [6.07, 6.45) is -5.03. The number of pyridine rings is 1. The first kappa shape index (κ1) is 113. The molecule has 36 nitrogen and oxygen atoms in total. The number of anilines is 1. The zero-order chi connectivity index (χ0) is 107. The van der Waals surface area contributed by atoms with Crippen LogP contribution in [0.3, 0.4) is 0 Å². The number of aromatic hydroxyl groups is 8. The summed E-state index contributed by atoms with van der Waals surface area (Å²) in [5.74, 6) is -9.43. The number of nitrogens with two attached hydrogens (primary N) is 3. The van der Waals surface area contributed by atoms with Crippen molar-refractivity contribution in [3.8, 4) is 57.5 Å². The van der Waals surface area contributed by atoms with Crippen LogP contribution in [0.25, 0.3) is 21.8 Å². The summed E-state index contributed by atoms with van der Waals surface area (Å²) in [6.45, 7) is 13.6. The van der Waals surface area contributed by atoms with Crippen molar-refractivity contribution in [2.24, 2.45) is 16.9 Å². The molecule has 0 spiro atoms. The number of carbonyl (C=O) groups is 9. The monoisotopic (exact) mass is 2100 g/mol. The number of phenolic OH excluding ortho intramolecular Hbond substituents is 8. The first-order chi connectivity index (χ1) is 69.8. The Balaban J connectivity index is 0.000000163. The summed E-state index contributed by atoms with van der Waals surface area (Å²) < 4.78 is 51.8. The van der Waals surface area contributed by atoms with Gasteiger partial charge in [0.05, 0.1) is 143 Å². The number of ether oxygens (including phenoxy) is 9. The number of carbonyl (C=O) groups excluding carboxylic acids is 9. The molecule has 3 fully saturated rings. The molecule has 10 aromatic rings. The average Bonchev–Trinajstić information content (AvgIpc) is 0.714. The van der Waals surface area contributed by atoms with Gasteiger partial charge in [-0.05, 0) is 127 Å². The molecule has 19 rings (SSSR count). The number of Topliss-reactive ketones (excluding diaryl/α,β-unsaturated/α-hetero) is 2. The Morgan fingerprint density at radius 1 is 0.490 bits per heavy atom.